The van der Waals surface area contributed by atoms with Crippen LogP contribution in [0.3, 0.4) is 0 Å². The van der Waals surface area contributed by atoms with Crippen molar-refractivity contribution >= 4 is 12.1 Å². The maximum atomic E-state index is 13.3. The molecule has 0 saturated carbocycles. The van der Waals surface area contributed by atoms with Crippen LogP contribution in [-0.2, 0) is 4.79 Å². The molecule has 0 unspecified atom stereocenters. The largest absolute Gasteiger partial charge is 0.486 e. The Morgan fingerprint density at radius 1 is 1.60 bits per heavy atom. The molecule has 5 nitrogen and oxygen atoms in total. The smallest absolute Gasteiger partial charge is 0.171 e. The van der Waals surface area contributed by atoms with Gasteiger partial charge in [0.25, 0.3) is 0 Å². The van der Waals surface area contributed by atoms with Gasteiger partial charge in [0, 0.05) is 12.7 Å². The van der Waals surface area contributed by atoms with Gasteiger partial charge in [-0.3, -0.25) is 4.79 Å². The van der Waals surface area contributed by atoms with Gasteiger partial charge in [-0.05, 0) is 31.2 Å². The number of rotatable bonds is 5. The van der Waals surface area contributed by atoms with E-state index in [2.05, 4.69) is 4.99 Å². The van der Waals surface area contributed by atoms with E-state index in [-0.39, 0.29) is 12.4 Å². The molecule has 20 heavy (non-hydrogen) atoms. The predicted molar refractivity (Wildman–Crippen MR) is 72.8 cm³/mol. The van der Waals surface area contributed by atoms with Crippen LogP contribution >= 0.6 is 0 Å². The molecule has 0 aliphatic carbocycles. The Morgan fingerprint density at radius 2 is 2.35 bits per heavy atom. The third-order valence-electron chi connectivity index (χ3n) is 2.30. The summed E-state index contributed by atoms with van der Waals surface area (Å²) in [4.78, 5) is 14.2. The van der Waals surface area contributed by atoms with Gasteiger partial charge in [-0.1, -0.05) is 10.5 Å². The summed E-state index contributed by atoms with van der Waals surface area (Å²) in [7, 11) is 1.18. The lowest BCUT2D eigenvalue weighted by Crippen LogP contribution is -2.25. The quantitative estimate of drug-likeness (QED) is 0.272. The fraction of sp³-hybridized carbons (Fsp3) is 0.214. The number of amidine groups is 1. The van der Waals surface area contributed by atoms with Crippen molar-refractivity contribution in [1.29, 1.82) is 5.26 Å². The summed E-state index contributed by atoms with van der Waals surface area (Å²) < 4.78 is 18.6. The molecule has 0 heterocycles. The lowest BCUT2D eigenvalue weighted by molar-refractivity contribution is -0.104. The molecule has 0 fully saturated rings. The van der Waals surface area contributed by atoms with Gasteiger partial charge >= 0.3 is 0 Å². The van der Waals surface area contributed by atoms with Crippen LogP contribution in [0.4, 0.5) is 4.48 Å². The van der Waals surface area contributed by atoms with Gasteiger partial charge in [0.1, 0.15) is 18.6 Å². The minimum atomic E-state index is -0.119. The summed E-state index contributed by atoms with van der Waals surface area (Å²) >= 11 is 0. The molecule has 0 aliphatic heterocycles. The molecule has 0 aromatic heterocycles. The number of ether oxygens (including phenoxy) is 1. The topological polar surface area (TPSA) is 65.7 Å². The van der Waals surface area contributed by atoms with Crippen molar-refractivity contribution in [2.24, 2.45) is 4.99 Å². The number of hydrogen-bond acceptors (Lipinski definition) is 4. The first-order valence-corrected chi connectivity index (χ1v) is 5.79. The first kappa shape index (κ1) is 15.4. The highest BCUT2D eigenvalue weighted by Gasteiger charge is 2.07. The number of likely N-dealkylation sites (N-methyl/N-ethyl adjacent to an activating group) is 1. The lowest BCUT2D eigenvalue weighted by atomic mass is 10.2. The number of nitrogens with zero attached hydrogens (tertiary/aromatic N) is 3. The molecule has 0 N–H and O–H groups in total. The van der Waals surface area contributed by atoms with Crippen LogP contribution in [0.1, 0.15) is 12.5 Å². The number of aldehydes is 1. The van der Waals surface area contributed by atoms with Crippen LogP contribution in [0, 0.1) is 11.3 Å². The van der Waals surface area contributed by atoms with E-state index in [1.807, 2.05) is 6.07 Å². The molecule has 0 amide bonds. The van der Waals surface area contributed by atoms with Crippen LogP contribution in [0.2, 0.25) is 0 Å². The van der Waals surface area contributed by atoms with Crippen LogP contribution in [-0.4, -0.2) is 30.9 Å². The summed E-state index contributed by atoms with van der Waals surface area (Å²) in [5.74, 6) is 0.457. The molecule has 104 valence electrons. The average molecular weight is 275 g/mol. The van der Waals surface area contributed by atoms with E-state index in [1.165, 1.54) is 13.1 Å². The van der Waals surface area contributed by atoms with Crippen LogP contribution in [0.25, 0.3) is 0 Å². The third-order valence-corrected chi connectivity index (χ3v) is 2.30. The highest BCUT2D eigenvalue weighted by Crippen LogP contribution is 2.13. The SMILES string of the molecule is C/C(=C/C=O)N=C(COc1cccc(C#N)c1)N(C)F. The predicted octanol–water partition coefficient (Wildman–Crippen LogP) is 2.25. The van der Waals surface area contributed by atoms with Crippen LogP contribution in [0.15, 0.2) is 41.0 Å². The number of carbonyl (C=O) groups is 1. The van der Waals surface area contributed by atoms with Crippen molar-refractivity contribution < 1.29 is 14.0 Å². The van der Waals surface area contributed by atoms with Crippen LogP contribution in [0.5, 0.6) is 5.75 Å². The number of carbonyl (C=O) groups excluding carboxylic acids is 1. The first-order valence-electron chi connectivity index (χ1n) is 5.79. The summed E-state index contributed by atoms with van der Waals surface area (Å²) in [6.45, 7) is 1.46. The second-order valence-electron chi connectivity index (χ2n) is 3.88. The molecule has 0 radical (unpaired) electrons. The number of hydrogen-bond donors (Lipinski definition) is 0. The van der Waals surface area contributed by atoms with Crippen molar-refractivity contribution in [3.63, 3.8) is 0 Å². The Hall–Kier alpha value is -2.68. The lowest BCUT2D eigenvalue weighted by Gasteiger charge is -2.12. The second kappa shape index (κ2) is 7.69. The minimum Gasteiger partial charge on any atom is -0.486 e. The van der Waals surface area contributed by atoms with Gasteiger partial charge in [-0.2, -0.15) is 10.4 Å². The maximum absolute atomic E-state index is 13.3. The Kier molecular flexibility index (Phi) is 5.91. The molecule has 1 aromatic carbocycles. The summed E-state index contributed by atoms with van der Waals surface area (Å²) in [6, 6.07) is 8.49. The van der Waals surface area contributed by atoms with E-state index in [1.54, 1.807) is 31.2 Å². The number of halogens is 1. The molecule has 0 aliphatic rings. The van der Waals surface area contributed by atoms with Gasteiger partial charge in [0.05, 0.1) is 11.6 Å². The van der Waals surface area contributed by atoms with Gasteiger partial charge in [0.2, 0.25) is 0 Å². The van der Waals surface area contributed by atoms with Gasteiger partial charge in [0.15, 0.2) is 5.84 Å². The molecule has 0 atom stereocenters. The molecular weight excluding hydrogens is 261 g/mol. The Balaban J connectivity index is 2.80. The highest BCUT2D eigenvalue weighted by atomic mass is 19.2. The fourth-order valence-corrected chi connectivity index (χ4v) is 1.33. The highest BCUT2D eigenvalue weighted by molar-refractivity contribution is 5.84. The standard InChI is InChI=1S/C14H14FN3O2/c1-11(6-7-19)17-14(18(2)15)10-20-13-5-3-4-12(8-13)9-16/h3-8H,10H2,1-2H3/b11-6-,17-14?. The van der Waals surface area contributed by atoms with Crippen molar-refractivity contribution in [2.75, 3.05) is 13.7 Å². The monoisotopic (exact) mass is 275 g/mol. The average Bonchev–Trinajstić information content (AvgIpc) is 2.43. The van der Waals surface area contributed by atoms with E-state index < -0.39 is 0 Å². The normalized spacial score (nSPS) is 11.7. The number of nitriles is 1. The van der Waals surface area contributed by atoms with E-state index in [9.17, 15) is 9.28 Å². The third kappa shape index (κ3) is 4.90. The Labute approximate surface area is 116 Å². The number of aliphatic imine (C=N–C) groups is 1. The fourth-order valence-electron chi connectivity index (χ4n) is 1.33. The molecule has 0 spiro atoms. The van der Waals surface area contributed by atoms with Crippen LogP contribution < -0.4 is 4.74 Å². The molecule has 1 rings (SSSR count). The summed E-state index contributed by atoms with van der Waals surface area (Å²) in [5, 5.41) is 9.08. The second-order valence-corrected chi connectivity index (χ2v) is 3.88. The Morgan fingerprint density at radius 3 is 2.95 bits per heavy atom. The van der Waals surface area contributed by atoms with Crippen molar-refractivity contribution in [3.8, 4) is 11.8 Å². The van der Waals surface area contributed by atoms with E-state index in [4.69, 9.17) is 10.00 Å². The zero-order chi connectivity index (χ0) is 15.0. The molecule has 6 heteroatoms. The van der Waals surface area contributed by atoms with Gasteiger partial charge < -0.3 is 4.74 Å². The van der Waals surface area contributed by atoms with E-state index in [0.29, 0.717) is 28.4 Å². The molecular formula is C14H14FN3O2. The van der Waals surface area contributed by atoms with E-state index >= 15 is 0 Å². The molecule has 0 bridgehead atoms. The van der Waals surface area contributed by atoms with Crippen molar-refractivity contribution in [1.82, 2.24) is 5.12 Å². The number of allylic oxidation sites excluding steroid dienone is 2. The zero-order valence-electron chi connectivity index (χ0n) is 11.2. The zero-order valence-corrected chi connectivity index (χ0v) is 11.2. The molecule has 1 aromatic rings. The number of benzene rings is 1. The van der Waals surface area contributed by atoms with Crippen molar-refractivity contribution in [3.05, 3.63) is 41.6 Å². The van der Waals surface area contributed by atoms with E-state index in [0.717, 1.165) is 0 Å². The first-order chi connectivity index (χ1) is 9.56. The Bertz CT molecular complexity index is 574. The molecule has 0 saturated heterocycles. The van der Waals surface area contributed by atoms with Gasteiger partial charge in [-0.25, -0.2) is 4.99 Å². The summed E-state index contributed by atoms with van der Waals surface area (Å²) in [5.41, 5.74) is 0.820. The van der Waals surface area contributed by atoms with Gasteiger partial charge in [-0.15, -0.1) is 0 Å². The van der Waals surface area contributed by atoms with Crippen molar-refractivity contribution in [2.45, 2.75) is 6.92 Å². The minimum absolute atomic E-state index is 0.0166. The maximum Gasteiger partial charge on any atom is 0.171 e. The summed E-state index contributed by atoms with van der Waals surface area (Å²) in [6.07, 6.45) is 1.80.